The van der Waals surface area contributed by atoms with Crippen LogP contribution in [0.5, 0.6) is 0 Å². The SMILES string of the molecule is c1cnc2c(-c3ccc(CN4CCOCC4)cn3)cccc2c1. The zero-order valence-electron chi connectivity index (χ0n) is 13.0. The predicted molar refractivity (Wildman–Crippen MR) is 91.1 cm³/mol. The summed E-state index contributed by atoms with van der Waals surface area (Å²) < 4.78 is 5.39. The van der Waals surface area contributed by atoms with E-state index in [1.807, 2.05) is 18.5 Å². The van der Waals surface area contributed by atoms with Crippen LogP contribution in [0.2, 0.25) is 0 Å². The van der Waals surface area contributed by atoms with Gasteiger partial charge in [0.1, 0.15) is 0 Å². The Hall–Kier alpha value is -2.30. The van der Waals surface area contributed by atoms with Crippen LogP contribution < -0.4 is 0 Å². The lowest BCUT2D eigenvalue weighted by Gasteiger charge is -2.26. The average molecular weight is 305 g/mol. The van der Waals surface area contributed by atoms with Crippen molar-refractivity contribution >= 4 is 10.9 Å². The number of aromatic nitrogens is 2. The van der Waals surface area contributed by atoms with Crippen LogP contribution in [0.1, 0.15) is 5.56 Å². The molecule has 3 aromatic rings. The van der Waals surface area contributed by atoms with E-state index in [1.54, 1.807) is 0 Å². The molecule has 4 nitrogen and oxygen atoms in total. The smallest absolute Gasteiger partial charge is 0.0795 e. The first kappa shape index (κ1) is 14.3. The van der Waals surface area contributed by atoms with E-state index in [2.05, 4.69) is 51.3 Å². The summed E-state index contributed by atoms with van der Waals surface area (Å²) in [5, 5.41) is 1.14. The third-order valence-corrected chi connectivity index (χ3v) is 4.24. The summed E-state index contributed by atoms with van der Waals surface area (Å²) in [6.45, 7) is 4.58. The third-order valence-electron chi connectivity index (χ3n) is 4.24. The summed E-state index contributed by atoms with van der Waals surface area (Å²) in [5.41, 5.74) is 4.30. The Morgan fingerprint density at radius 1 is 0.957 bits per heavy atom. The van der Waals surface area contributed by atoms with E-state index in [4.69, 9.17) is 4.74 Å². The first-order valence-corrected chi connectivity index (χ1v) is 7.99. The van der Waals surface area contributed by atoms with Crippen LogP contribution in [-0.2, 0) is 11.3 Å². The summed E-state index contributed by atoms with van der Waals surface area (Å²) in [6, 6.07) is 14.5. The highest BCUT2D eigenvalue weighted by Gasteiger charge is 2.11. The number of rotatable bonds is 3. The first-order valence-electron chi connectivity index (χ1n) is 7.99. The van der Waals surface area contributed by atoms with E-state index >= 15 is 0 Å². The van der Waals surface area contributed by atoms with E-state index in [9.17, 15) is 0 Å². The Balaban J connectivity index is 1.59. The van der Waals surface area contributed by atoms with Crippen molar-refractivity contribution in [3.05, 3.63) is 60.4 Å². The monoisotopic (exact) mass is 305 g/mol. The minimum Gasteiger partial charge on any atom is -0.379 e. The number of morpholine rings is 1. The summed E-state index contributed by atoms with van der Waals surface area (Å²) in [4.78, 5) is 11.6. The average Bonchev–Trinajstić information content (AvgIpc) is 2.63. The summed E-state index contributed by atoms with van der Waals surface area (Å²) in [7, 11) is 0. The van der Waals surface area contributed by atoms with Crippen molar-refractivity contribution in [2.75, 3.05) is 26.3 Å². The maximum absolute atomic E-state index is 5.39. The van der Waals surface area contributed by atoms with Gasteiger partial charge in [0, 0.05) is 43.0 Å². The first-order chi connectivity index (χ1) is 11.4. The van der Waals surface area contributed by atoms with Crippen LogP contribution in [0.15, 0.2) is 54.9 Å². The summed E-state index contributed by atoms with van der Waals surface area (Å²) in [5.74, 6) is 0. The Morgan fingerprint density at radius 2 is 1.83 bits per heavy atom. The minimum atomic E-state index is 0.827. The highest BCUT2D eigenvalue weighted by molar-refractivity contribution is 5.92. The number of hydrogen-bond donors (Lipinski definition) is 0. The fourth-order valence-electron chi connectivity index (χ4n) is 3.01. The number of benzene rings is 1. The number of nitrogens with zero attached hydrogens (tertiary/aromatic N) is 3. The molecule has 4 heteroatoms. The van der Waals surface area contributed by atoms with Crippen LogP contribution in [0.4, 0.5) is 0 Å². The van der Waals surface area contributed by atoms with Gasteiger partial charge in [0.25, 0.3) is 0 Å². The Kier molecular flexibility index (Phi) is 4.01. The summed E-state index contributed by atoms with van der Waals surface area (Å²) >= 11 is 0. The van der Waals surface area contributed by atoms with Crippen LogP contribution >= 0.6 is 0 Å². The number of para-hydroxylation sites is 1. The molecule has 1 aromatic carbocycles. The molecule has 1 aliphatic rings. The molecule has 23 heavy (non-hydrogen) atoms. The van der Waals surface area contributed by atoms with Crippen molar-refractivity contribution in [2.24, 2.45) is 0 Å². The molecule has 0 atom stereocenters. The number of pyridine rings is 2. The van der Waals surface area contributed by atoms with Gasteiger partial charge in [-0.3, -0.25) is 14.9 Å². The molecule has 0 spiro atoms. The number of ether oxygens (including phenoxy) is 1. The fourth-order valence-corrected chi connectivity index (χ4v) is 3.01. The maximum atomic E-state index is 5.39. The standard InChI is InChI=1S/C19H19N3O/c1-3-16-4-2-8-20-19(16)17(5-1)18-7-6-15(13-21-18)14-22-9-11-23-12-10-22/h1-8,13H,9-12,14H2. The Morgan fingerprint density at radius 3 is 2.65 bits per heavy atom. The van der Waals surface area contributed by atoms with Gasteiger partial charge in [0.15, 0.2) is 0 Å². The molecular formula is C19H19N3O. The quantitative estimate of drug-likeness (QED) is 0.745. The van der Waals surface area contributed by atoms with Gasteiger partial charge < -0.3 is 4.74 Å². The predicted octanol–water partition coefficient (Wildman–Crippen LogP) is 3.13. The van der Waals surface area contributed by atoms with Gasteiger partial charge in [-0.05, 0) is 17.7 Å². The topological polar surface area (TPSA) is 38.2 Å². The van der Waals surface area contributed by atoms with E-state index in [0.29, 0.717) is 0 Å². The normalized spacial score (nSPS) is 15.8. The molecule has 2 aromatic heterocycles. The third kappa shape index (κ3) is 3.09. The second kappa shape index (κ2) is 6.44. The van der Waals surface area contributed by atoms with Crippen molar-refractivity contribution in [3.8, 4) is 11.3 Å². The molecule has 0 aliphatic carbocycles. The lowest BCUT2D eigenvalue weighted by Crippen LogP contribution is -2.35. The van der Waals surface area contributed by atoms with Crippen LogP contribution in [-0.4, -0.2) is 41.2 Å². The van der Waals surface area contributed by atoms with Crippen molar-refractivity contribution < 1.29 is 4.74 Å². The van der Waals surface area contributed by atoms with E-state index < -0.39 is 0 Å². The number of fused-ring (bicyclic) bond motifs is 1. The minimum absolute atomic E-state index is 0.827. The van der Waals surface area contributed by atoms with Crippen molar-refractivity contribution in [2.45, 2.75) is 6.54 Å². The van der Waals surface area contributed by atoms with Crippen molar-refractivity contribution in [1.29, 1.82) is 0 Å². The van der Waals surface area contributed by atoms with Gasteiger partial charge in [-0.25, -0.2) is 0 Å². The zero-order valence-corrected chi connectivity index (χ0v) is 13.0. The molecule has 0 radical (unpaired) electrons. The van der Waals surface area contributed by atoms with Gasteiger partial charge in [-0.15, -0.1) is 0 Å². The molecule has 1 fully saturated rings. The molecule has 0 amide bonds. The lowest BCUT2D eigenvalue weighted by atomic mass is 10.1. The second-order valence-corrected chi connectivity index (χ2v) is 5.82. The molecule has 1 saturated heterocycles. The van der Waals surface area contributed by atoms with Crippen LogP contribution in [0.3, 0.4) is 0 Å². The zero-order chi connectivity index (χ0) is 15.5. The van der Waals surface area contributed by atoms with Gasteiger partial charge in [-0.1, -0.05) is 30.3 Å². The van der Waals surface area contributed by atoms with Gasteiger partial charge in [0.05, 0.1) is 24.4 Å². The Labute approximate surface area is 135 Å². The van der Waals surface area contributed by atoms with E-state index in [0.717, 1.165) is 55.0 Å². The lowest BCUT2D eigenvalue weighted by molar-refractivity contribution is 0.0341. The molecule has 4 rings (SSSR count). The van der Waals surface area contributed by atoms with Gasteiger partial charge in [-0.2, -0.15) is 0 Å². The van der Waals surface area contributed by atoms with Gasteiger partial charge in [0.2, 0.25) is 0 Å². The number of hydrogen-bond acceptors (Lipinski definition) is 4. The Bertz CT molecular complexity index is 790. The highest BCUT2D eigenvalue weighted by Crippen LogP contribution is 2.25. The molecule has 116 valence electrons. The molecule has 0 N–H and O–H groups in total. The fraction of sp³-hybridized carbons (Fsp3) is 0.263. The van der Waals surface area contributed by atoms with Crippen molar-refractivity contribution in [1.82, 2.24) is 14.9 Å². The van der Waals surface area contributed by atoms with Crippen LogP contribution in [0.25, 0.3) is 22.2 Å². The van der Waals surface area contributed by atoms with Crippen molar-refractivity contribution in [3.63, 3.8) is 0 Å². The molecule has 0 saturated carbocycles. The van der Waals surface area contributed by atoms with E-state index in [-0.39, 0.29) is 0 Å². The highest BCUT2D eigenvalue weighted by atomic mass is 16.5. The molecule has 1 aliphatic heterocycles. The van der Waals surface area contributed by atoms with E-state index in [1.165, 1.54) is 5.56 Å². The molecule has 0 unspecified atom stereocenters. The van der Waals surface area contributed by atoms with Crippen LogP contribution in [0, 0.1) is 0 Å². The van der Waals surface area contributed by atoms with Gasteiger partial charge >= 0.3 is 0 Å². The largest absolute Gasteiger partial charge is 0.379 e. The maximum Gasteiger partial charge on any atom is 0.0795 e. The molecule has 0 bridgehead atoms. The summed E-state index contributed by atoms with van der Waals surface area (Å²) in [6.07, 6.45) is 3.81. The molecular weight excluding hydrogens is 286 g/mol. The molecule has 3 heterocycles. The second-order valence-electron chi connectivity index (χ2n) is 5.82.